The van der Waals surface area contributed by atoms with Crippen molar-refractivity contribution < 1.29 is 24.3 Å². The smallest absolute Gasteiger partial charge is 0.320 e. The topological polar surface area (TPSA) is 158 Å². The fraction of sp³-hybridized carbons (Fsp3) is 0.450. The molecule has 0 bridgehead atoms. The Kier molecular flexibility index (Phi) is 8.92. The van der Waals surface area contributed by atoms with Crippen LogP contribution in [0.2, 0.25) is 0 Å². The molecule has 7 heterocycles. The fourth-order valence-electron chi connectivity index (χ4n) is 9.01. The molecule has 0 saturated carbocycles. The van der Waals surface area contributed by atoms with Crippen molar-refractivity contribution in [2.75, 3.05) is 63.8 Å². The van der Waals surface area contributed by atoms with E-state index in [1.807, 2.05) is 40.1 Å². The summed E-state index contributed by atoms with van der Waals surface area (Å²) in [6.07, 6.45) is 4.20. The monoisotopic (exact) mass is 731 g/mol. The zero-order chi connectivity index (χ0) is 36.9. The number of phenolic OH excluding ortho intramolecular Hbond substituents is 1. The van der Waals surface area contributed by atoms with Gasteiger partial charge in [0.1, 0.15) is 11.8 Å². The third-order valence-electron chi connectivity index (χ3n) is 12.1. The highest BCUT2D eigenvalue weighted by molar-refractivity contribution is 6.05. The molecule has 280 valence electrons. The number of anilines is 1. The van der Waals surface area contributed by atoms with Gasteiger partial charge in [-0.15, -0.1) is 10.2 Å². The van der Waals surface area contributed by atoms with Gasteiger partial charge in [-0.2, -0.15) is 0 Å². The standard InChI is InChI=1S/C40H45N9O5/c50-35-4-2-1-3-29(35)33-22-31-28-11-15-47(16-12-32(28)41-37(31)44-43-33)40(54)48-19-17-45(18-20-48)23-25-9-13-46(14-10-25)27-6-5-26-24-49(39(53)30(26)21-27)34-7-8-36(51)42-38(34)52/h1-6,21-22,25,34,50H,7-20,23-24H2,(H,41,44)(H,42,51,52)/t34-/m0/s1. The first-order valence-corrected chi connectivity index (χ1v) is 19.2. The fourth-order valence-corrected chi connectivity index (χ4v) is 9.01. The second kappa shape index (κ2) is 14.0. The van der Waals surface area contributed by atoms with E-state index in [-0.39, 0.29) is 35.9 Å². The Labute approximate surface area is 313 Å². The van der Waals surface area contributed by atoms with Crippen molar-refractivity contribution in [2.24, 2.45) is 5.92 Å². The Morgan fingerprint density at radius 3 is 2.39 bits per heavy atom. The van der Waals surface area contributed by atoms with E-state index in [1.165, 1.54) is 5.56 Å². The molecule has 1 atom stereocenters. The number of nitrogens with zero attached hydrogens (tertiary/aromatic N) is 7. The number of amides is 5. The van der Waals surface area contributed by atoms with Crippen molar-refractivity contribution in [1.29, 1.82) is 0 Å². The number of aromatic hydroxyl groups is 1. The van der Waals surface area contributed by atoms with Crippen LogP contribution in [0.15, 0.2) is 48.5 Å². The molecule has 3 saturated heterocycles. The molecule has 2 aromatic heterocycles. The lowest BCUT2D eigenvalue weighted by molar-refractivity contribution is -0.136. The van der Waals surface area contributed by atoms with Gasteiger partial charge in [0.25, 0.3) is 5.91 Å². The predicted octanol–water partition coefficient (Wildman–Crippen LogP) is 3.15. The number of carbonyl (C=O) groups is 4. The average molecular weight is 732 g/mol. The average Bonchev–Trinajstić information content (AvgIpc) is 3.62. The molecule has 0 radical (unpaired) electrons. The van der Waals surface area contributed by atoms with Crippen molar-refractivity contribution in [1.82, 2.24) is 40.1 Å². The van der Waals surface area contributed by atoms with Crippen LogP contribution in [0, 0.1) is 5.92 Å². The van der Waals surface area contributed by atoms with Crippen LogP contribution in [0.3, 0.4) is 0 Å². The van der Waals surface area contributed by atoms with E-state index < -0.39 is 6.04 Å². The number of piperazine rings is 1. The highest BCUT2D eigenvalue weighted by Gasteiger charge is 2.39. The first-order valence-electron chi connectivity index (χ1n) is 19.2. The Bertz CT molecular complexity index is 2130. The van der Waals surface area contributed by atoms with Gasteiger partial charge < -0.3 is 29.7 Å². The minimum absolute atomic E-state index is 0.111. The SMILES string of the molecule is O=C1CC[C@H](N2Cc3ccc(N4CCC(CN5CCN(C(=O)N6CCc7[nH]c8nnc(-c9ccccc9O)cc8c7CC6)CC5)CC4)cc3C2=O)C(=O)N1. The Hall–Kier alpha value is -5.50. The first kappa shape index (κ1) is 34.3. The van der Waals surface area contributed by atoms with Gasteiger partial charge in [0.15, 0.2) is 5.65 Å². The van der Waals surface area contributed by atoms with E-state index in [1.54, 1.807) is 17.0 Å². The summed E-state index contributed by atoms with van der Waals surface area (Å²) in [7, 11) is 0. The maximum atomic E-state index is 13.7. The van der Waals surface area contributed by atoms with Crippen LogP contribution in [-0.4, -0.2) is 129 Å². The predicted molar refractivity (Wildman–Crippen MR) is 201 cm³/mol. The number of H-pyrrole nitrogens is 1. The van der Waals surface area contributed by atoms with Crippen LogP contribution in [0.25, 0.3) is 22.3 Å². The number of benzene rings is 2. The quantitative estimate of drug-likeness (QED) is 0.263. The summed E-state index contributed by atoms with van der Waals surface area (Å²) in [5.74, 6) is -0.0540. The third-order valence-corrected chi connectivity index (χ3v) is 12.1. The summed E-state index contributed by atoms with van der Waals surface area (Å²) >= 11 is 0. The van der Waals surface area contributed by atoms with E-state index in [2.05, 4.69) is 36.4 Å². The zero-order valence-electron chi connectivity index (χ0n) is 30.3. The van der Waals surface area contributed by atoms with Crippen LogP contribution in [-0.2, 0) is 29.0 Å². The summed E-state index contributed by atoms with van der Waals surface area (Å²) < 4.78 is 0. The molecule has 5 aliphatic rings. The second-order valence-electron chi connectivity index (χ2n) is 15.3. The number of fused-ring (bicyclic) bond motifs is 4. The van der Waals surface area contributed by atoms with Gasteiger partial charge in [0, 0.05) is 106 Å². The van der Waals surface area contributed by atoms with Crippen LogP contribution >= 0.6 is 0 Å². The number of aromatic nitrogens is 3. The maximum Gasteiger partial charge on any atom is 0.320 e. The van der Waals surface area contributed by atoms with Gasteiger partial charge in [0.05, 0.1) is 5.69 Å². The molecule has 0 spiro atoms. The van der Waals surface area contributed by atoms with Crippen molar-refractivity contribution in [3.05, 3.63) is 70.9 Å². The third kappa shape index (κ3) is 6.42. The summed E-state index contributed by atoms with van der Waals surface area (Å²) in [5, 5.41) is 22.5. The number of urea groups is 1. The second-order valence-corrected chi connectivity index (χ2v) is 15.3. The van der Waals surface area contributed by atoms with E-state index in [4.69, 9.17) is 0 Å². The highest BCUT2D eigenvalue weighted by Crippen LogP contribution is 2.34. The Morgan fingerprint density at radius 1 is 0.815 bits per heavy atom. The Morgan fingerprint density at radius 2 is 1.59 bits per heavy atom. The molecule has 3 fully saturated rings. The van der Waals surface area contributed by atoms with E-state index in [9.17, 15) is 24.3 Å². The summed E-state index contributed by atoms with van der Waals surface area (Å²) in [4.78, 5) is 65.0. The minimum atomic E-state index is -0.603. The molecule has 0 aliphatic carbocycles. The number of para-hydroxylation sites is 1. The summed E-state index contributed by atoms with van der Waals surface area (Å²) in [5.41, 5.74) is 6.90. The number of piperidine rings is 2. The van der Waals surface area contributed by atoms with Crippen molar-refractivity contribution in [3.63, 3.8) is 0 Å². The Balaban J connectivity index is 0.748. The molecule has 14 heteroatoms. The molecule has 54 heavy (non-hydrogen) atoms. The molecular weight excluding hydrogens is 686 g/mol. The van der Waals surface area contributed by atoms with E-state index in [0.29, 0.717) is 48.8 Å². The van der Waals surface area contributed by atoms with Crippen LogP contribution in [0.5, 0.6) is 5.75 Å². The molecule has 2 aromatic carbocycles. The van der Waals surface area contributed by atoms with Gasteiger partial charge in [0.2, 0.25) is 11.8 Å². The number of nitrogens with one attached hydrogen (secondary N) is 2. The molecule has 14 nitrogen and oxygen atoms in total. The van der Waals surface area contributed by atoms with Crippen molar-refractivity contribution in [3.8, 4) is 17.0 Å². The number of imide groups is 1. The number of rotatable bonds is 5. The number of carbonyl (C=O) groups excluding carboxylic acids is 4. The number of hydrogen-bond donors (Lipinski definition) is 3. The molecule has 0 unspecified atom stereocenters. The van der Waals surface area contributed by atoms with Gasteiger partial charge in [-0.1, -0.05) is 18.2 Å². The van der Waals surface area contributed by atoms with Crippen LogP contribution < -0.4 is 10.2 Å². The maximum absolute atomic E-state index is 13.7. The lowest BCUT2D eigenvalue weighted by atomic mass is 9.95. The molecule has 5 aliphatic heterocycles. The molecular formula is C40H45N9O5. The normalized spacial score (nSPS) is 21.3. The largest absolute Gasteiger partial charge is 0.507 e. The number of hydrogen-bond acceptors (Lipinski definition) is 9. The molecule has 9 rings (SSSR count). The van der Waals surface area contributed by atoms with E-state index in [0.717, 1.165) is 99.5 Å². The van der Waals surface area contributed by atoms with Crippen LogP contribution in [0.4, 0.5) is 10.5 Å². The van der Waals surface area contributed by atoms with Crippen molar-refractivity contribution in [2.45, 2.75) is 51.1 Å². The first-order chi connectivity index (χ1) is 26.3. The lowest BCUT2D eigenvalue weighted by Crippen LogP contribution is -2.54. The lowest BCUT2D eigenvalue weighted by Gasteiger charge is -2.40. The van der Waals surface area contributed by atoms with Gasteiger partial charge >= 0.3 is 6.03 Å². The highest BCUT2D eigenvalue weighted by atomic mass is 16.3. The minimum Gasteiger partial charge on any atom is -0.507 e. The van der Waals surface area contributed by atoms with Crippen molar-refractivity contribution >= 4 is 40.5 Å². The summed E-state index contributed by atoms with van der Waals surface area (Å²) in [6.45, 7) is 7.73. The van der Waals surface area contributed by atoms with Gasteiger partial charge in [-0.25, -0.2) is 4.79 Å². The number of phenols is 1. The molecule has 5 amide bonds. The zero-order valence-corrected chi connectivity index (χ0v) is 30.3. The molecule has 4 aromatic rings. The van der Waals surface area contributed by atoms with Gasteiger partial charge in [-0.05, 0) is 73.1 Å². The van der Waals surface area contributed by atoms with E-state index >= 15 is 0 Å². The van der Waals surface area contributed by atoms with Gasteiger partial charge in [-0.3, -0.25) is 24.6 Å². The number of aromatic amines is 1. The molecule has 3 N–H and O–H groups in total. The summed E-state index contributed by atoms with van der Waals surface area (Å²) in [6, 6.07) is 14.7. The van der Waals surface area contributed by atoms with Crippen LogP contribution in [0.1, 0.15) is 52.9 Å².